The number of nitrogens with one attached hydrogen (secondary N) is 2. The van der Waals surface area contributed by atoms with E-state index in [-0.39, 0.29) is 5.69 Å². The van der Waals surface area contributed by atoms with Crippen molar-refractivity contribution in [2.24, 2.45) is 5.73 Å². The van der Waals surface area contributed by atoms with Crippen LogP contribution in [0.15, 0.2) is 24.7 Å². The van der Waals surface area contributed by atoms with Crippen molar-refractivity contribution in [1.82, 2.24) is 20.2 Å². The van der Waals surface area contributed by atoms with Crippen LogP contribution in [0.3, 0.4) is 0 Å². The molecule has 0 aliphatic heterocycles. The van der Waals surface area contributed by atoms with Gasteiger partial charge in [0.25, 0.3) is 5.91 Å². The molecule has 1 amide bonds. The van der Waals surface area contributed by atoms with Gasteiger partial charge in [0.1, 0.15) is 17.8 Å². The summed E-state index contributed by atoms with van der Waals surface area (Å²) in [5.74, 6) is 0.338. The molecule has 2 aromatic rings. The van der Waals surface area contributed by atoms with E-state index in [1.165, 1.54) is 6.33 Å². The molecular formula is C11H14N6O. The molecule has 0 unspecified atom stereocenters. The van der Waals surface area contributed by atoms with E-state index in [0.29, 0.717) is 0 Å². The number of rotatable bonds is 6. The number of hydrogen-bond acceptors (Lipinski definition) is 5. The monoisotopic (exact) mass is 246 g/mol. The largest absolute Gasteiger partial charge is 0.385 e. The maximum absolute atomic E-state index is 11.0. The quantitative estimate of drug-likeness (QED) is 0.637. The topological polar surface area (TPSA) is 110 Å². The molecule has 0 aromatic carbocycles. The molecule has 2 heterocycles. The number of nitrogens with zero attached hydrogens (tertiary/aromatic N) is 3. The van der Waals surface area contributed by atoms with Crippen LogP contribution in [-0.4, -0.2) is 32.6 Å². The van der Waals surface area contributed by atoms with E-state index in [1.54, 1.807) is 18.3 Å². The minimum atomic E-state index is -0.527. The van der Waals surface area contributed by atoms with E-state index < -0.39 is 5.91 Å². The summed E-state index contributed by atoms with van der Waals surface area (Å²) in [6.45, 7) is 0.767. The Morgan fingerprint density at radius 1 is 1.44 bits per heavy atom. The fraction of sp³-hybridized carbons (Fsp3) is 0.273. The second-order valence-corrected chi connectivity index (χ2v) is 3.76. The highest BCUT2D eigenvalue weighted by atomic mass is 16.1. The number of pyridine rings is 1. The first-order chi connectivity index (χ1) is 8.75. The van der Waals surface area contributed by atoms with E-state index in [0.717, 1.165) is 30.9 Å². The lowest BCUT2D eigenvalue weighted by atomic mass is 10.2. The van der Waals surface area contributed by atoms with Gasteiger partial charge >= 0.3 is 0 Å². The van der Waals surface area contributed by atoms with Crippen LogP contribution in [0, 0.1) is 0 Å². The summed E-state index contributed by atoms with van der Waals surface area (Å²) < 4.78 is 0. The summed E-state index contributed by atoms with van der Waals surface area (Å²) >= 11 is 0. The lowest BCUT2D eigenvalue weighted by Gasteiger charge is -2.05. The molecule has 0 fully saturated rings. The number of anilines is 1. The van der Waals surface area contributed by atoms with Crippen molar-refractivity contribution in [1.29, 1.82) is 0 Å². The molecule has 7 nitrogen and oxygen atoms in total. The van der Waals surface area contributed by atoms with Crippen molar-refractivity contribution < 1.29 is 4.79 Å². The number of primary amides is 1. The molecule has 0 saturated heterocycles. The molecule has 4 N–H and O–H groups in total. The maximum Gasteiger partial charge on any atom is 0.267 e. The lowest BCUT2D eigenvalue weighted by molar-refractivity contribution is 0.0995. The minimum absolute atomic E-state index is 0.259. The molecular weight excluding hydrogens is 232 g/mol. The number of aromatic nitrogens is 4. The molecule has 0 aliphatic rings. The number of amides is 1. The Balaban J connectivity index is 1.79. The van der Waals surface area contributed by atoms with Gasteiger partial charge in [-0.25, -0.2) is 4.98 Å². The Hall–Kier alpha value is -2.44. The number of nitrogens with two attached hydrogens (primary N) is 1. The molecule has 94 valence electrons. The van der Waals surface area contributed by atoms with Gasteiger partial charge in [0.15, 0.2) is 0 Å². The Labute approximate surface area is 104 Å². The summed E-state index contributed by atoms with van der Waals surface area (Å²) in [6.07, 6.45) is 4.77. The third-order valence-electron chi connectivity index (χ3n) is 2.40. The molecule has 0 saturated carbocycles. The molecule has 7 heteroatoms. The van der Waals surface area contributed by atoms with Gasteiger partial charge in [0, 0.05) is 24.8 Å². The van der Waals surface area contributed by atoms with Crippen LogP contribution in [0.25, 0.3) is 0 Å². The van der Waals surface area contributed by atoms with E-state index in [2.05, 4.69) is 25.5 Å². The summed E-state index contributed by atoms with van der Waals surface area (Å²) in [7, 11) is 0. The Morgan fingerprint density at radius 3 is 3.06 bits per heavy atom. The SMILES string of the molecule is NC(=O)c1cc(NCCCc2ncn[nH]2)ccn1. The predicted molar refractivity (Wildman–Crippen MR) is 65.9 cm³/mol. The van der Waals surface area contributed by atoms with Gasteiger partial charge < -0.3 is 11.1 Å². The maximum atomic E-state index is 11.0. The fourth-order valence-corrected chi connectivity index (χ4v) is 1.52. The summed E-state index contributed by atoms with van der Waals surface area (Å²) in [5, 5.41) is 9.77. The van der Waals surface area contributed by atoms with Crippen LogP contribution >= 0.6 is 0 Å². The van der Waals surface area contributed by atoms with E-state index in [4.69, 9.17) is 5.73 Å². The van der Waals surface area contributed by atoms with Gasteiger partial charge in [0.05, 0.1) is 0 Å². The van der Waals surface area contributed by atoms with Crippen molar-refractivity contribution in [2.75, 3.05) is 11.9 Å². The fourth-order valence-electron chi connectivity index (χ4n) is 1.52. The number of aryl methyl sites for hydroxylation is 1. The van der Waals surface area contributed by atoms with Crippen molar-refractivity contribution in [3.63, 3.8) is 0 Å². The average molecular weight is 246 g/mol. The van der Waals surface area contributed by atoms with Gasteiger partial charge in [-0.1, -0.05) is 0 Å². The van der Waals surface area contributed by atoms with Crippen molar-refractivity contribution in [3.05, 3.63) is 36.2 Å². The van der Waals surface area contributed by atoms with Gasteiger partial charge in [-0.3, -0.25) is 14.9 Å². The third-order valence-corrected chi connectivity index (χ3v) is 2.40. The van der Waals surface area contributed by atoms with Crippen molar-refractivity contribution in [3.8, 4) is 0 Å². The predicted octanol–water partition coefficient (Wildman–Crippen LogP) is 0.343. The van der Waals surface area contributed by atoms with Crippen LogP contribution in [0.2, 0.25) is 0 Å². The van der Waals surface area contributed by atoms with Crippen LogP contribution < -0.4 is 11.1 Å². The molecule has 0 aliphatic carbocycles. The summed E-state index contributed by atoms with van der Waals surface area (Å²) in [4.78, 5) is 18.9. The second kappa shape index (κ2) is 5.76. The Bertz CT molecular complexity index is 510. The third kappa shape index (κ3) is 3.27. The normalized spacial score (nSPS) is 10.2. The molecule has 2 aromatic heterocycles. The zero-order valence-corrected chi connectivity index (χ0v) is 9.76. The average Bonchev–Trinajstić information content (AvgIpc) is 2.88. The van der Waals surface area contributed by atoms with Gasteiger partial charge in [-0.15, -0.1) is 0 Å². The van der Waals surface area contributed by atoms with Gasteiger partial charge in [-0.2, -0.15) is 5.10 Å². The highest BCUT2D eigenvalue weighted by Crippen LogP contribution is 2.07. The first kappa shape index (κ1) is 12.0. The standard InChI is InChI=1S/C11H14N6O/c12-11(18)9-6-8(3-5-14-9)13-4-1-2-10-15-7-16-17-10/h3,5-7H,1-2,4H2,(H2,12,18)(H,13,14)(H,15,16,17). The minimum Gasteiger partial charge on any atom is -0.385 e. The van der Waals surface area contributed by atoms with Gasteiger partial charge in [-0.05, 0) is 18.6 Å². The van der Waals surface area contributed by atoms with Gasteiger partial charge in [0.2, 0.25) is 0 Å². The molecule has 0 bridgehead atoms. The smallest absolute Gasteiger partial charge is 0.267 e. The number of H-pyrrole nitrogens is 1. The molecule has 18 heavy (non-hydrogen) atoms. The highest BCUT2D eigenvalue weighted by molar-refractivity contribution is 5.91. The number of carbonyl (C=O) groups excluding carboxylic acids is 1. The van der Waals surface area contributed by atoms with Crippen molar-refractivity contribution in [2.45, 2.75) is 12.8 Å². The van der Waals surface area contributed by atoms with Crippen LogP contribution in [0.4, 0.5) is 5.69 Å². The molecule has 0 atom stereocenters. The van der Waals surface area contributed by atoms with E-state index in [9.17, 15) is 4.79 Å². The molecule has 0 spiro atoms. The number of hydrogen-bond donors (Lipinski definition) is 3. The Kier molecular flexibility index (Phi) is 3.85. The number of carbonyl (C=O) groups is 1. The highest BCUT2D eigenvalue weighted by Gasteiger charge is 2.02. The van der Waals surface area contributed by atoms with E-state index in [1.807, 2.05) is 0 Å². The molecule has 2 rings (SSSR count). The first-order valence-corrected chi connectivity index (χ1v) is 5.59. The Morgan fingerprint density at radius 2 is 2.33 bits per heavy atom. The van der Waals surface area contributed by atoms with Crippen molar-refractivity contribution >= 4 is 11.6 Å². The first-order valence-electron chi connectivity index (χ1n) is 5.59. The summed E-state index contributed by atoms with van der Waals surface area (Å²) in [6, 6.07) is 3.43. The van der Waals surface area contributed by atoms with Crippen LogP contribution in [-0.2, 0) is 6.42 Å². The zero-order chi connectivity index (χ0) is 12.8. The zero-order valence-electron chi connectivity index (χ0n) is 9.76. The number of aromatic amines is 1. The lowest BCUT2D eigenvalue weighted by Crippen LogP contribution is -2.13. The summed E-state index contributed by atoms with van der Waals surface area (Å²) in [5.41, 5.74) is 6.24. The molecule has 0 radical (unpaired) electrons. The van der Waals surface area contributed by atoms with E-state index >= 15 is 0 Å². The van der Waals surface area contributed by atoms with Crippen LogP contribution in [0.5, 0.6) is 0 Å². The van der Waals surface area contributed by atoms with Crippen LogP contribution in [0.1, 0.15) is 22.7 Å². The second-order valence-electron chi connectivity index (χ2n) is 3.76.